The molecule has 19 heavy (non-hydrogen) atoms. The predicted octanol–water partition coefficient (Wildman–Crippen LogP) is 1.74. The lowest BCUT2D eigenvalue weighted by atomic mass is 10.1. The van der Waals surface area contributed by atoms with Gasteiger partial charge in [0.1, 0.15) is 5.52 Å². The first kappa shape index (κ1) is 12.4. The Balaban J connectivity index is 1.81. The molecule has 0 radical (unpaired) electrons. The number of hydrogen-bond donors (Lipinski definition) is 1. The molecule has 2 aromatic heterocycles. The van der Waals surface area contributed by atoms with Crippen LogP contribution in [0.25, 0.3) is 11.0 Å². The van der Waals surface area contributed by atoms with Gasteiger partial charge in [0, 0.05) is 25.3 Å². The van der Waals surface area contributed by atoms with E-state index in [9.17, 15) is 0 Å². The second kappa shape index (κ2) is 4.81. The molecule has 1 fully saturated rings. The van der Waals surface area contributed by atoms with Crippen molar-refractivity contribution in [1.82, 2.24) is 19.4 Å². The molecule has 5 nitrogen and oxygen atoms in total. The average Bonchev–Trinajstić information content (AvgIpc) is 2.96. The van der Waals surface area contributed by atoms with Crippen LogP contribution in [0.15, 0.2) is 18.5 Å². The fourth-order valence-electron chi connectivity index (χ4n) is 2.93. The maximum atomic E-state index is 6.04. The Morgan fingerprint density at radius 2 is 2.32 bits per heavy atom. The van der Waals surface area contributed by atoms with Gasteiger partial charge in [0.25, 0.3) is 0 Å². The molecule has 3 heterocycles. The molecule has 0 amide bonds. The standard InChI is InChI=1S/C14H21N5/c1-10(2)18-6-4-11(8-18)9-19-13-3-5-16-7-12(13)17-14(19)15/h3,5,7,10-11H,4,6,8-9H2,1-2H3,(H2,15,17). The minimum atomic E-state index is 0.603. The number of rotatable bonds is 3. The first-order valence-electron chi connectivity index (χ1n) is 6.95. The van der Waals surface area contributed by atoms with E-state index in [4.69, 9.17) is 5.73 Å². The van der Waals surface area contributed by atoms with E-state index in [0.29, 0.717) is 17.9 Å². The van der Waals surface area contributed by atoms with Gasteiger partial charge in [-0.25, -0.2) is 4.98 Å². The molecule has 1 aliphatic heterocycles. The zero-order valence-corrected chi connectivity index (χ0v) is 11.6. The van der Waals surface area contributed by atoms with Gasteiger partial charge in [0.05, 0.1) is 11.7 Å². The van der Waals surface area contributed by atoms with E-state index < -0.39 is 0 Å². The van der Waals surface area contributed by atoms with Crippen molar-refractivity contribution >= 4 is 17.0 Å². The van der Waals surface area contributed by atoms with Gasteiger partial charge in [0.15, 0.2) is 0 Å². The fourth-order valence-corrected chi connectivity index (χ4v) is 2.93. The number of imidazole rings is 1. The second-order valence-electron chi connectivity index (χ2n) is 5.69. The number of aromatic nitrogens is 3. The summed E-state index contributed by atoms with van der Waals surface area (Å²) >= 11 is 0. The highest BCUT2D eigenvalue weighted by molar-refractivity contribution is 5.77. The number of nitrogen functional groups attached to an aromatic ring is 1. The van der Waals surface area contributed by atoms with E-state index in [1.54, 1.807) is 12.4 Å². The monoisotopic (exact) mass is 259 g/mol. The third-order valence-corrected chi connectivity index (χ3v) is 4.07. The minimum Gasteiger partial charge on any atom is -0.369 e. The van der Waals surface area contributed by atoms with Gasteiger partial charge >= 0.3 is 0 Å². The van der Waals surface area contributed by atoms with E-state index in [1.165, 1.54) is 13.0 Å². The molecule has 0 saturated carbocycles. The zero-order valence-electron chi connectivity index (χ0n) is 11.6. The number of hydrogen-bond acceptors (Lipinski definition) is 4. The molecular formula is C14H21N5. The maximum absolute atomic E-state index is 6.04. The summed E-state index contributed by atoms with van der Waals surface area (Å²) in [6.45, 7) is 7.82. The Labute approximate surface area is 113 Å². The molecule has 2 N–H and O–H groups in total. The van der Waals surface area contributed by atoms with E-state index in [0.717, 1.165) is 24.1 Å². The van der Waals surface area contributed by atoms with Crippen molar-refractivity contribution in [2.75, 3.05) is 18.8 Å². The first-order valence-corrected chi connectivity index (χ1v) is 6.95. The van der Waals surface area contributed by atoms with Crippen LogP contribution in [0.2, 0.25) is 0 Å². The van der Waals surface area contributed by atoms with Crippen LogP contribution < -0.4 is 5.73 Å². The minimum absolute atomic E-state index is 0.603. The van der Waals surface area contributed by atoms with Gasteiger partial charge in [0.2, 0.25) is 5.95 Å². The Kier molecular flexibility index (Phi) is 3.14. The molecule has 1 saturated heterocycles. The molecular weight excluding hydrogens is 238 g/mol. The van der Waals surface area contributed by atoms with Crippen LogP contribution in [0.5, 0.6) is 0 Å². The predicted molar refractivity (Wildman–Crippen MR) is 76.8 cm³/mol. The molecule has 3 rings (SSSR count). The van der Waals surface area contributed by atoms with Crippen LogP contribution in [0, 0.1) is 5.92 Å². The smallest absolute Gasteiger partial charge is 0.201 e. The molecule has 1 atom stereocenters. The number of fused-ring (bicyclic) bond motifs is 1. The van der Waals surface area contributed by atoms with Gasteiger partial charge in [-0.05, 0) is 38.8 Å². The molecule has 0 bridgehead atoms. The van der Waals surface area contributed by atoms with Gasteiger partial charge in [-0.3, -0.25) is 4.98 Å². The Morgan fingerprint density at radius 3 is 3.05 bits per heavy atom. The zero-order chi connectivity index (χ0) is 13.4. The van der Waals surface area contributed by atoms with Crippen molar-refractivity contribution < 1.29 is 0 Å². The summed E-state index contributed by atoms with van der Waals surface area (Å²) in [6, 6.07) is 2.62. The van der Waals surface area contributed by atoms with E-state index in [2.05, 4.69) is 33.3 Å². The summed E-state index contributed by atoms with van der Waals surface area (Å²) in [5.41, 5.74) is 8.02. The van der Waals surface area contributed by atoms with E-state index in [-0.39, 0.29) is 0 Å². The SMILES string of the molecule is CC(C)N1CCC(Cn2c(N)nc3cnccc32)C1. The number of nitrogens with zero attached hydrogens (tertiary/aromatic N) is 4. The Hall–Kier alpha value is -1.62. The molecule has 102 valence electrons. The van der Waals surface area contributed by atoms with Crippen molar-refractivity contribution in [3.63, 3.8) is 0 Å². The lowest BCUT2D eigenvalue weighted by Crippen LogP contribution is -2.28. The summed E-state index contributed by atoms with van der Waals surface area (Å²) in [5, 5.41) is 0. The lowest BCUT2D eigenvalue weighted by molar-refractivity contribution is 0.261. The van der Waals surface area contributed by atoms with Crippen LogP contribution in [0.1, 0.15) is 20.3 Å². The van der Waals surface area contributed by atoms with E-state index in [1.807, 2.05) is 6.07 Å². The Morgan fingerprint density at radius 1 is 1.47 bits per heavy atom. The molecule has 2 aromatic rings. The van der Waals surface area contributed by atoms with Gasteiger partial charge in [-0.15, -0.1) is 0 Å². The summed E-state index contributed by atoms with van der Waals surface area (Å²) in [4.78, 5) is 11.0. The normalized spacial score (nSPS) is 20.7. The molecule has 0 aliphatic carbocycles. The third kappa shape index (κ3) is 2.30. The van der Waals surface area contributed by atoms with Crippen LogP contribution in [-0.2, 0) is 6.54 Å². The molecule has 0 aromatic carbocycles. The van der Waals surface area contributed by atoms with Crippen LogP contribution in [0.4, 0.5) is 5.95 Å². The molecule has 1 aliphatic rings. The summed E-state index contributed by atoms with van der Waals surface area (Å²) in [5.74, 6) is 1.27. The number of pyridine rings is 1. The second-order valence-corrected chi connectivity index (χ2v) is 5.69. The summed E-state index contributed by atoms with van der Waals surface area (Å²) in [7, 11) is 0. The van der Waals surface area contributed by atoms with Crippen LogP contribution >= 0.6 is 0 Å². The fraction of sp³-hybridized carbons (Fsp3) is 0.571. The quantitative estimate of drug-likeness (QED) is 0.912. The van der Waals surface area contributed by atoms with Crippen molar-refractivity contribution in [3.8, 4) is 0 Å². The number of anilines is 1. The molecule has 0 spiro atoms. The summed E-state index contributed by atoms with van der Waals surface area (Å²) < 4.78 is 2.13. The largest absolute Gasteiger partial charge is 0.369 e. The van der Waals surface area contributed by atoms with Gasteiger partial charge < -0.3 is 15.2 Å². The Bertz CT molecular complexity index is 574. The molecule has 5 heteroatoms. The van der Waals surface area contributed by atoms with Crippen molar-refractivity contribution in [1.29, 1.82) is 0 Å². The van der Waals surface area contributed by atoms with Crippen LogP contribution in [-0.4, -0.2) is 38.6 Å². The number of nitrogens with two attached hydrogens (primary N) is 1. The molecule has 1 unspecified atom stereocenters. The van der Waals surface area contributed by atoms with Crippen molar-refractivity contribution in [2.45, 2.75) is 32.9 Å². The van der Waals surface area contributed by atoms with Crippen molar-refractivity contribution in [3.05, 3.63) is 18.5 Å². The highest BCUT2D eigenvalue weighted by Gasteiger charge is 2.25. The number of likely N-dealkylation sites (tertiary alicyclic amines) is 1. The maximum Gasteiger partial charge on any atom is 0.201 e. The highest BCUT2D eigenvalue weighted by Crippen LogP contribution is 2.24. The average molecular weight is 259 g/mol. The van der Waals surface area contributed by atoms with Gasteiger partial charge in [-0.1, -0.05) is 0 Å². The summed E-state index contributed by atoms with van der Waals surface area (Å²) in [6.07, 6.45) is 4.81. The highest BCUT2D eigenvalue weighted by atomic mass is 15.2. The van der Waals surface area contributed by atoms with E-state index >= 15 is 0 Å². The third-order valence-electron chi connectivity index (χ3n) is 4.07. The lowest BCUT2D eigenvalue weighted by Gasteiger charge is -2.20. The van der Waals surface area contributed by atoms with Crippen molar-refractivity contribution in [2.24, 2.45) is 5.92 Å². The van der Waals surface area contributed by atoms with Gasteiger partial charge in [-0.2, -0.15) is 0 Å². The van der Waals surface area contributed by atoms with Crippen LogP contribution in [0.3, 0.4) is 0 Å². The topological polar surface area (TPSA) is 60.0 Å². The first-order chi connectivity index (χ1) is 9.15.